The van der Waals surface area contributed by atoms with Gasteiger partial charge in [-0.25, -0.2) is 4.39 Å². The zero-order chi connectivity index (χ0) is 22.5. The van der Waals surface area contributed by atoms with E-state index in [1.54, 1.807) is 48.5 Å². The minimum absolute atomic E-state index is 0.0492. The van der Waals surface area contributed by atoms with Gasteiger partial charge in [0.1, 0.15) is 18.1 Å². The fourth-order valence-corrected chi connectivity index (χ4v) is 3.73. The lowest BCUT2D eigenvalue weighted by Crippen LogP contribution is -2.41. The SMILES string of the molecule is O=C(CN(Cc1ccco1)C(=O)[C@@H]1CC(=O)N(c2ccccc2F)C1)Nc1ccccc1. The van der Waals surface area contributed by atoms with Crippen molar-refractivity contribution in [3.63, 3.8) is 0 Å². The zero-order valence-electron chi connectivity index (χ0n) is 17.2. The van der Waals surface area contributed by atoms with E-state index in [-0.39, 0.29) is 49.5 Å². The van der Waals surface area contributed by atoms with Gasteiger partial charge in [0.25, 0.3) is 0 Å². The molecule has 8 heteroatoms. The number of amides is 3. The second-order valence-electron chi connectivity index (χ2n) is 7.54. The number of hydrogen-bond donors (Lipinski definition) is 1. The Hall–Kier alpha value is -3.94. The number of nitrogens with zero attached hydrogens (tertiary/aromatic N) is 2. The minimum atomic E-state index is -0.693. The third-order valence-electron chi connectivity index (χ3n) is 5.25. The Balaban J connectivity index is 1.49. The van der Waals surface area contributed by atoms with Gasteiger partial charge in [-0.1, -0.05) is 30.3 Å². The Morgan fingerprint density at radius 2 is 1.81 bits per heavy atom. The summed E-state index contributed by atoms with van der Waals surface area (Å²) in [6, 6.07) is 18.3. The molecule has 1 N–H and O–H groups in total. The van der Waals surface area contributed by atoms with E-state index in [1.807, 2.05) is 6.07 Å². The molecule has 2 heterocycles. The Morgan fingerprint density at radius 1 is 1.06 bits per heavy atom. The highest BCUT2D eigenvalue weighted by Crippen LogP contribution is 2.28. The van der Waals surface area contributed by atoms with Crippen LogP contribution in [0.25, 0.3) is 0 Å². The highest BCUT2D eigenvalue weighted by atomic mass is 19.1. The maximum absolute atomic E-state index is 14.2. The molecule has 0 spiro atoms. The molecule has 0 aliphatic carbocycles. The van der Waals surface area contributed by atoms with Crippen LogP contribution in [0.2, 0.25) is 0 Å². The predicted molar refractivity (Wildman–Crippen MR) is 116 cm³/mol. The van der Waals surface area contributed by atoms with Crippen LogP contribution in [0.15, 0.2) is 77.4 Å². The maximum Gasteiger partial charge on any atom is 0.244 e. The van der Waals surface area contributed by atoms with Gasteiger partial charge in [0.05, 0.1) is 24.4 Å². The number of rotatable bonds is 7. The van der Waals surface area contributed by atoms with Crippen molar-refractivity contribution >= 4 is 29.1 Å². The third kappa shape index (κ3) is 4.85. The summed E-state index contributed by atoms with van der Waals surface area (Å²) in [4.78, 5) is 41.1. The zero-order valence-corrected chi connectivity index (χ0v) is 17.2. The van der Waals surface area contributed by atoms with Crippen molar-refractivity contribution in [1.82, 2.24) is 4.90 Å². The van der Waals surface area contributed by atoms with Crippen LogP contribution in [0.4, 0.5) is 15.8 Å². The lowest BCUT2D eigenvalue weighted by Gasteiger charge is -2.24. The molecule has 0 unspecified atom stereocenters. The fraction of sp³-hybridized carbons (Fsp3) is 0.208. The molecular weight excluding hydrogens is 413 g/mol. The summed E-state index contributed by atoms with van der Waals surface area (Å²) in [5.74, 6) is -1.77. The average Bonchev–Trinajstić information content (AvgIpc) is 3.43. The van der Waals surface area contributed by atoms with Crippen LogP contribution in [0.3, 0.4) is 0 Å². The molecule has 1 saturated heterocycles. The molecule has 1 aliphatic heterocycles. The summed E-state index contributed by atoms with van der Waals surface area (Å²) in [6.45, 7) is -0.0786. The number of benzene rings is 2. The first-order valence-corrected chi connectivity index (χ1v) is 10.2. The molecule has 1 atom stereocenters. The highest BCUT2D eigenvalue weighted by molar-refractivity contribution is 6.01. The molecule has 7 nitrogen and oxygen atoms in total. The minimum Gasteiger partial charge on any atom is -0.467 e. The van der Waals surface area contributed by atoms with Crippen molar-refractivity contribution in [3.05, 3.63) is 84.6 Å². The topological polar surface area (TPSA) is 82.9 Å². The average molecular weight is 435 g/mol. The van der Waals surface area contributed by atoms with Crippen molar-refractivity contribution in [2.24, 2.45) is 5.92 Å². The van der Waals surface area contributed by atoms with Crippen LogP contribution in [0.5, 0.6) is 0 Å². The van der Waals surface area contributed by atoms with E-state index < -0.39 is 11.7 Å². The normalized spacial score (nSPS) is 15.6. The predicted octanol–water partition coefficient (Wildman–Crippen LogP) is 3.44. The molecular formula is C24H22FN3O4. The number of para-hydroxylation sites is 2. The maximum atomic E-state index is 14.2. The molecule has 1 aliphatic rings. The van der Waals surface area contributed by atoms with Crippen molar-refractivity contribution in [1.29, 1.82) is 0 Å². The van der Waals surface area contributed by atoms with E-state index in [0.717, 1.165) is 0 Å². The summed E-state index contributed by atoms with van der Waals surface area (Å²) >= 11 is 0. The molecule has 1 aromatic heterocycles. The number of carbonyl (C=O) groups is 3. The number of furan rings is 1. The molecule has 2 aromatic carbocycles. The Bertz CT molecular complexity index is 1100. The molecule has 1 fully saturated rings. The van der Waals surface area contributed by atoms with Crippen molar-refractivity contribution in [2.75, 3.05) is 23.3 Å². The highest BCUT2D eigenvalue weighted by Gasteiger charge is 2.38. The Labute approximate surface area is 184 Å². The quantitative estimate of drug-likeness (QED) is 0.616. The lowest BCUT2D eigenvalue weighted by molar-refractivity contribution is -0.139. The van der Waals surface area contributed by atoms with E-state index in [9.17, 15) is 18.8 Å². The first-order chi connectivity index (χ1) is 15.5. The van der Waals surface area contributed by atoms with E-state index in [1.165, 1.54) is 28.2 Å². The van der Waals surface area contributed by atoms with Gasteiger partial charge in [-0.2, -0.15) is 0 Å². The summed E-state index contributed by atoms with van der Waals surface area (Å²) in [5, 5.41) is 2.76. The second-order valence-corrected chi connectivity index (χ2v) is 7.54. The van der Waals surface area contributed by atoms with Gasteiger partial charge in [0, 0.05) is 18.7 Å². The van der Waals surface area contributed by atoms with E-state index in [0.29, 0.717) is 11.4 Å². The van der Waals surface area contributed by atoms with E-state index >= 15 is 0 Å². The molecule has 0 bridgehead atoms. The molecule has 0 saturated carbocycles. The first-order valence-electron chi connectivity index (χ1n) is 10.2. The monoisotopic (exact) mass is 435 g/mol. The molecule has 3 aromatic rings. The van der Waals surface area contributed by atoms with Gasteiger partial charge < -0.3 is 19.5 Å². The standard InChI is InChI=1S/C24H22FN3O4/c25-20-10-4-5-11-21(20)28-14-17(13-23(28)30)24(31)27(15-19-9-6-12-32-19)16-22(29)26-18-7-2-1-3-8-18/h1-12,17H,13-16H2,(H,26,29)/t17-/m1/s1. The largest absolute Gasteiger partial charge is 0.467 e. The summed E-state index contributed by atoms with van der Waals surface area (Å²) < 4.78 is 19.5. The van der Waals surface area contributed by atoms with Crippen LogP contribution in [-0.2, 0) is 20.9 Å². The summed E-state index contributed by atoms with van der Waals surface area (Å²) in [7, 11) is 0. The Kier molecular flexibility index (Phi) is 6.30. The van der Waals surface area contributed by atoms with Crippen molar-refractivity contribution < 1.29 is 23.2 Å². The molecule has 32 heavy (non-hydrogen) atoms. The van der Waals surface area contributed by atoms with Gasteiger partial charge in [0.15, 0.2) is 0 Å². The van der Waals surface area contributed by atoms with Crippen LogP contribution in [-0.4, -0.2) is 35.7 Å². The van der Waals surface area contributed by atoms with Gasteiger partial charge in [-0.3, -0.25) is 14.4 Å². The van der Waals surface area contributed by atoms with Crippen LogP contribution in [0, 0.1) is 11.7 Å². The van der Waals surface area contributed by atoms with Crippen LogP contribution >= 0.6 is 0 Å². The van der Waals surface area contributed by atoms with E-state index in [2.05, 4.69) is 5.32 Å². The van der Waals surface area contributed by atoms with Crippen molar-refractivity contribution in [3.8, 4) is 0 Å². The van der Waals surface area contributed by atoms with Gasteiger partial charge in [-0.05, 0) is 36.4 Å². The number of halogens is 1. The fourth-order valence-electron chi connectivity index (χ4n) is 3.73. The Morgan fingerprint density at radius 3 is 2.53 bits per heavy atom. The van der Waals surface area contributed by atoms with Crippen LogP contribution < -0.4 is 10.2 Å². The van der Waals surface area contributed by atoms with Gasteiger partial charge >= 0.3 is 0 Å². The lowest BCUT2D eigenvalue weighted by atomic mass is 10.1. The van der Waals surface area contributed by atoms with Gasteiger partial charge in [-0.15, -0.1) is 0 Å². The molecule has 0 radical (unpaired) electrons. The smallest absolute Gasteiger partial charge is 0.244 e. The first kappa shape index (κ1) is 21.3. The molecule has 164 valence electrons. The molecule has 4 rings (SSSR count). The third-order valence-corrected chi connectivity index (χ3v) is 5.25. The van der Waals surface area contributed by atoms with Crippen LogP contribution in [0.1, 0.15) is 12.2 Å². The summed E-state index contributed by atoms with van der Waals surface area (Å²) in [6.07, 6.45) is 1.43. The number of carbonyl (C=O) groups excluding carboxylic acids is 3. The second kappa shape index (κ2) is 9.47. The molecule has 3 amide bonds. The number of anilines is 2. The van der Waals surface area contributed by atoms with Crippen molar-refractivity contribution in [2.45, 2.75) is 13.0 Å². The summed E-state index contributed by atoms with van der Waals surface area (Å²) in [5.41, 5.74) is 0.761. The number of hydrogen-bond acceptors (Lipinski definition) is 4. The van der Waals surface area contributed by atoms with Gasteiger partial charge in [0.2, 0.25) is 17.7 Å². The number of nitrogens with one attached hydrogen (secondary N) is 1. The van der Waals surface area contributed by atoms with E-state index in [4.69, 9.17) is 4.42 Å².